The van der Waals surface area contributed by atoms with Gasteiger partial charge >= 0.3 is 6.18 Å². The average Bonchev–Trinajstić information content (AvgIpc) is 2.67. The largest absolute Gasteiger partial charge is 0.490 e. The highest BCUT2D eigenvalue weighted by atomic mass is 35.5. The molecule has 0 radical (unpaired) electrons. The van der Waals surface area contributed by atoms with Crippen LogP contribution in [0.2, 0.25) is 5.02 Å². The summed E-state index contributed by atoms with van der Waals surface area (Å²) in [7, 11) is 0. The van der Waals surface area contributed by atoms with E-state index in [-0.39, 0.29) is 34.4 Å². The molecular weight excluding hydrogens is 437 g/mol. The third-order valence-corrected chi connectivity index (χ3v) is 4.20. The number of halogens is 4. The van der Waals surface area contributed by atoms with Crippen molar-refractivity contribution in [2.24, 2.45) is 0 Å². The molecule has 0 unspecified atom stereocenters. The van der Waals surface area contributed by atoms with Crippen molar-refractivity contribution in [1.29, 1.82) is 0 Å². The molecule has 0 aliphatic heterocycles. The molecule has 2 rings (SSSR count). The molecule has 0 fully saturated rings. The van der Waals surface area contributed by atoms with Gasteiger partial charge in [0.15, 0.2) is 11.5 Å². The van der Waals surface area contributed by atoms with Crippen molar-refractivity contribution >= 4 is 34.8 Å². The highest BCUT2D eigenvalue weighted by Crippen LogP contribution is 2.39. The van der Waals surface area contributed by atoms with Gasteiger partial charge in [0, 0.05) is 18.2 Å². The van der Waals surface area contributed by atoms with Gasteiger partial charge in [-0.3, -0.25) is 9.59 Å². The zero-order valence-electron chi connectivity index (χ0n) is 17.2. The van der Waals surface area contributed by atoms with E-state index in [1.54, 1.807) is 6.92 Å². The Labute approximate surface area is 182 Å². The molecular formula is C21H22ClF3N2O4. The first-order chi connectivity index (χ1) is 14.6. The fourth-order valence-electron chi connectivity index (χ4n) is 2.67. The maximum atomic E-state index is 13.5. The van der Waals surface area contributed by atoms with Crippen molar-refractivity contribution in [3.05, 3.63) is 46.5 Å². The van der Waals surface area contributed by atoms with Crippen LogP contribution in [0.1, 0.15) is 43.1 Å². The molecule has 0 aliphatic carbocycles. The van der Waals surface area contributed by atoms with Gasteiger partial charge in [-0.05, 0) is 43.7 Å². The molecule has 0 atom stereocenters. The van der Waals surface area contributed by atoms with Crippen LogP contribution in [0.25, 0.3) is 0 Å². The maximum absolute atomic E-state index is 13.5. The molecule has 2 aromatic carbocycles. The molecule has 0 saturated heterocycles. The van der Waals surface area contributed by atoms with Crippen molar-refractivity contribution in [1.82, 2.24) is 0 Å². The normalized spacial score (nSPS) is 11.1. The minimum absolute atomic E-state index is 0.00337. The summed E-state index contributed by atoms with van der Waals surface area (Å²) in [4.78, 5) is 23.8. The van der Waals surface area contributed by atoms with Crippen LogP contribution in [-0.2, 0) is 11.0 Å². The Kier molecular flexibility index (Phi) is 8.15. The lowest BCUT2D eigenvalue weighted by Gasteiger charge is -2.17. The summed E-state index contributed by atoms with van der Waals surface area (Å²) in [6, 6.07) is 5.72. The van der Waals surface area contributed by atoms with Crippen LogP contribution in [0.3, 0.4) is 0 Å². The highest BCUT2D eigenvalue weighted by Gasteiger charge is 2.34. The Hall–Kier alpha value is -2.94. The minimum Gasteiger partial charge on any atom is -0.490 e. The zero-order valence-corrected chi connectivity index (χ0v) is 17.9. The van der Waals surface area contributed by atoms with Crippen molar-refractivity contribution in [3.8, 4) is 11.5 Å². The lowest BCUT2D eigenvalue weighted by Crippen LogP contribution is -2.18. The Balaban J connectivity index is 2.39. The summed E-state index contributed by atoms with van der Waals surface area (Å²) in [6.45, 7) is 5.46. The number of anilines is 2. The Morgan fingerprint density at radius 3 is 2.35 bits per heavy atom. The van der Waals surface area contributed by atoms with E-state index in [1.165, 1.54) is 25.1 Å². The van der Waals surface area contributed by atoms with E-state index in [0.29, 0.717) is 6.61 Å². The van der Waals surface area contributed by atoms with Crippen molar-refractivity contribution in [2.75, 3.05) is 23.8 Å². The third-order valence-electron chi connectivity index (χ3n) is 3.92. The molecule has 0 spiro atoms. The molecule has 2 N–H and O–H groups in total. The van der Waals surface area contributed by atoms with E-state index in [2.05, 4.69) is 10.6 Å². The number of benzene rings is 2. The molecule has 6 nitrogen and oxygen atoms in total. The molecule has 0 aliphatic rings. The lowest BCUT2D eigenvalue weighted by molar-refractivity contribution is -0.137. The first-order valence-corrected chi connectivity index (χ1v) is 9.83. The Morgan fingerprint density at radius 1 is 1.06 bits per heavy atom. The summed E-state index contributed by atoms with van der Waals surface area (Å²) in [5.74, 6) is -0.862. The van der Waals surface area contributed by atoms with Crippen LogP contribution in [0, 0.1) is 0 Å². The monoisotopic (exact) mass is 458 g/mol. The summed E-state index contributed by atoms with van der Waals surface area (Å²) < 4.78 is 51.5. The van der Waals surface area contributed by atoms with E-state index in [9.17, 15) is 22.8 Å². The van der Waals surface area contributed by atoms with Gasteiger partial charge in [-0.2, -0.15) is 13.2 Å². The Bertz CT molecular complexity index is 964. The van der Waals surface area contributed by atoms with E-state index >= 15 is 0 Å². The van der Waals surface area contributed by atoms with Crippen molar-refractivity contribution in [2.45, 2.75) is 33.4 Å². The molecule has 2 amide bonds. The van der Waals surface area contributed by atoms with E-state index in [4.69, 9.17) is 21.1 Å². The minimum atomic E-state index is -4.76. The molecule has 0 bridgehead atoms. The zero-order chi connectivity index (χ0) is 23.2. The fraction of sp³-hybridized carbons (Fsp3) is 0.333. The van der Waals surface area contributed by atoms with Crippen LogP contribution in [-0.4, -0.2) is 25.0 Å². The molecule has 10 heteroatoms. The van der Waals surface area contributed by atoms with Crippen LogP contribution >= 0.6 is 11.6 Å². The summed E-state index contributed by atoms with van der Waals surface area (Å²) >= 11 is 6.22. The SMILES string of the molecule is CCCOc1c(Cl)cc(C(=O)Nc2ccc(NC(C)=O)cc2C(F)(F)F)cc1OCC. The van der Waals surface area contributed by atoms with Gasteiger partial charge in [0.1, 0.15) is 0 Å². The van der Waals surface area contributed by atoms with Gasteiger partial charge in [0.05, 0.1) is 29.5 Å². The second kappa shape index (κ2) is 10.4. The first-order valence-electron chi connectivity index (χ1n) is 9.46. The number of carbonyl (C=O) groups excluding carboxylic acids is 2. The number of rotatable bonds is 8. The summed E-state index contributed by atoms with van der Waals surface area (Å²) in [6.07, 6.45) is -4.04. The number of alkyl halides is 3. The van der Waals surface area contributed by atoms with Crippen molar-refractivity contribution in [3.63, 3.8) is 0 Å². The predicted octanol–water partition coefficient (Wildman–Crippen LogP) is 5.76. The summed E-state index contributed by atoms with van der Waals surface area (Å²) in [5.41, 5.74) is -1.62. The van der Waals surface area contributed by atoms with Crippen LogP contribution in [0.15, 0.2) is 30.3 Å². The Morgan fingerprint density at radius 2 is 1.77 bits per heavy atom. The maximum Gasteiger partial charge on any atom is 0.418 e. The van der Waals surface area contributed by atoms with Crippen LogP contribution in [0.5, 0.6) is 11.5 Å². The second-order valence-corrected chi connectivity index (χ2v) is 6.87. The van der Waals surface area contributed by atoms with Crippen LogP contribution < -0.4 is 20.1 Å². The third kappa shape index (κ3) is 6.52. The standard InChI is InChI=1S/C21H22ClF3N2O4/c1-4-8-31-19-16(22)9-13(10-18(19)30-5-2)20(29)27-17-7-6-14(26-12(3)28)11-15(17)21(23,24)25/h6-7,9-11H,4-5,8H2,1-3H3,(H,26,28)(H,27,29). The molecule has 2 aromatic rings. The van der Waals surface area contributed by atoms with Gasteiger partial charge in [-0.15, -0.1) is 0 Å². The highest BCUT2D eigenvalue weighted by molar-refractivity contribution is 6.32. The summed E-state index contributed by atoms with van der Waals surface area (Å²) in [5, 5.41) is 4.63. The fourth-order valence-corrected chi connectivity index (χ4v) is 2.93. The first kappa shape index (κ1) is 24.3. The van der Waals surface area contributed by atoms with Gasteiger partial charge in [-0.1, -0.05) is 18.5 Å². The predicted molar refractivity (Wildman–Crippen MR) is 112 cm³/mol. The average molecular weight is 459 g/mol. The van der Waals surface area contributed by atoms with E-state index < -0.39 is 29.2 Å². The van der Waals surface area contributed by atoms with Gasteiger partial charge in [-0.25, -0.2) is 0 Å². The lowest BCUT2D eigenvalue weighted by atomic mass is 10.1. The number of ether oxygens (including phenoxy) is 2. The number of amides is 2. The van der Waals surface area contributed by atoms with Crippen LogP contribution in [0.4, 0.5) is 24.5 Å². The number of hydrogen-bond donors (Lipinski definition) is 2. The van der Waals surface area contributed by atoms with E-state index in [0.717, 1.165) is 18.6 Å². The molecule has 0 heterocycles. The molecule has 168 valence electrons. The number of hydrogen-bond acceptors (Lipinski definition) is 4. The molecule has 0 saturated carbocycles. The van der Waals surface area contributed by atoms with Crippen molar-refractivity contribution < 1.29 is 32.2 Å². The molecule has 31 heavy (non-hydrogen) atoms. The number of nitrogens with one attached hydrogen (secondary N) is 2. The molecule has 0 aromatic heterocycles. The topological polar surface area (TPSA) is 76.7 Å². The van der Waals surface area contributed by atoms with E-state index in [1.807, 2.05) is 6.92 Å². The van der Waals surface area contributed by atoms with Gasteiger partial charge < -0.3 is 20.1 Å². The van der Waals surface area contributed by atoms with Gasteiger partial charge in [0.2, 0.25) is 5.91 Å². The van der Waals surface area contributed by atoms with Gasteiger partial charge in [0.25, 0.3) is 5.91 Å². The second-order valence-electron chi connectivity index (χ2n) is 6.46. The number of carbonyl (C=O) groups is 2. The smallest absolute Gasteiger partial charge is 0.418 e. The quantitative estimate of drug-likeness (QED) is 0.527.